The van der Waals surface area contributed by atoms with Gasteiger partial charge in [0.2, 0.25) is 0 Å². The second kappa shape index (κ2) is 37.6. The van der Waals surface area contributed by atoms with Gasteiger partial charge in [-0.15, -0.1) is 0 Å². The van der Waals surface area contributed by atoms with E-state index in [0.29, 0.717) is 29.4 Å². The number of anilines is 2. The van der Waals surface area contributed by atoms with Gasteiger partial charge in [-0.2, -0.15) is 6.67 Å². The molecule has 1 saturated heterocycles. The van der Waals surface area contributed by atoms with Crippen molar-refractivity contribution in [1.82, 2.24) is 9.97 Å². The summed E-state index contributed by atoms with van der Waals surface area (Å²) in [4.78, 5) is 24.4. The van der Waals surface area contributed by atoms with E-state index in [1.165, 1.54) is 123 Å². The molecule has 0 bridgehead atoms. The van der Waals surface area contributed by atoms with Gasteiger partial charge in [-0.25, -0.2) is 0 Å². The third-order valence-corrected chi connectivity index (χ3v) is 13.9. The molecule has 0 saturated carbocycles. The summed E-state index contributed by atoms with van der Waals surface area (Å²) in [6.45, 7) is 39.3. The molecule has 1 aliphatic heterocycles. The Hall–Kier alpha value is -4.26. The van der Waals surface area contributed by atoms with Crippen LogP contribution in [0.2, 0.25) is 0 Å². The zero-order valence-electron chi connectivity index (χ0n) is 49.6. The third kappa shape index (κ3) is 23.4. The molecule has 0 unspecified atom stereocenters. The summed E-state index contributed by atoms with van der Waals surface area (Å²) < 4.78 is 6.54. The van der Waals surface area contributed by atoms with Gasteiger partial charge in [0.05, 0.1) is 37.6 Å². The van der Waals surface area contributed by atoms with Crippen molar-refractivity contribution in [2.45, 2.75) is 165 Å². The number of rotatable bonds is 21. The van der Waals surface area contributed by atoms with Gasteiger partial charge in [-0.3, -0.25) is 14.8 Å². The molecule has 78 heavy (non-hydrogen) atoms. The quantitative estimate of drug-likeness (QED) is 0.0235. The SMILES string of the molecule is CC(=O)Oc1ccccc1-c1ccccn1.CC(C)c1cccc(C(C)C)c1N1[CH-]N(c2c(C(C)C)cccc2C(C)C)CC1.CCCC[N+](CCCC)(CCCC)CCCC.[Cl][Pd]([Cl])[Cl].c1ccc(-c2ccccn2)cc1. The van der Waals surface area contributed by atoms with Crippen LogP contribution >= 0.6 is 28.6 Å². The number of nitrogens with zero attached hydrogens (tertiary/aromatic N) is 5. The summed E-state index contributed by atoms with van der Waals surface area (Å²) in [7, 11) is 14.8. The van der Waals surface area contributed by atoms with Crippen molar-refractivity contribution in [3.05, 3.63) is 169 Å². The maximum Gasteiger partial charge on any atom is 0.0701 e. The number of hydrogen-bond acceptors (Lipinski definition) is 6. The first-order chi connectivity index (χ1) is 37.4. The first-order valence-electron chi connectivity index (χ1n) is 28.7. The van der Waals surface area contributed by atoms with Gasteiger partial charge in [0.25, 0.3) is 0 Å². The Labute approximate surface area is 491 Å². The standard InChI is InChI=1S/C27H39N2.C16H36N.C13H11NO2.C11H9N.3ClH.Pd/c1-18(2)22-11-9-12-23(19(3)4)26(22)28-15-16-29(17-28)27-24(20(5)6)13-10-14-25(27)21(7)8;1-5-9-13-17(14-10-6-2,15-11-7-3)16-12-8-4;1-10(15)16-13-8-3-2-6-11(13)12-7-4-5-9-14-12;1-2-6-10(7-3-1)11-8-4-5-9-12-11;;;;/h9-14,17-21H,15-16H2,1-8H3;5-16H2,1-4H3;2-9H,1H3;1-9H;3*1H;/q-1;+1;;;;;;+3/p-3. The van der Waals surface area contributed by atoms with Gasteiger partial charge in [0, 0.05) is 54.9 Å². The van der Waals surface area contributed by atoms with E-state index in [0.717, 1.165) is 35.6 Å². The predicted molar refractivity (Wildman–Crippen MR) is 336 cm³/mol. The predicted octanol–water partition coefficient (Wildman–Crippen LogP) is 20.1. The number of ether oxygens (including phenoxy) is 1. The monoisotopic (exact) mass is 1210 g/mol. The van der Waals surface area contributed by atoms with Crippen LogP contribution in [0.4, 0.5) is 11.4 Å². The molecule has 0 spiro atoms. The summed E-state index contributed by atoms with van der Waals surface area (Å²) >= 11 is -1.57. The fraction of sp³-hybridized carbons (Fsp3) is 0.463. The molecule has 3 heterocycles. The number of benzene rings is 4. The zero-order valence-corrected chi connectivity index (χ0v) is 53.4. The van der Waals surface area contributed by atoms with E-state index in [2.05, 4.69) is 158 Å². The minimum atomic E-state index is -1.57. The summed E-state index contributed by atoms with van der Waals surface area (Å²) in [5.41, 5.74) is 12.5. The van der Waals surface area contributed by atoms with Gasteiger partial charge < -0.3 is 19.0 Å². The van der Waals surface area contributed by atoms with Crippen LogP contribution in [0.15, 0.2) is 140 Å². The molecule has 4 aromatic carbocycles. The van der Waals surface area contributed by atoms with E-state index in [-0.39, 0.29) is 5.97 Å². The molecular weight excluding hydrogens is 1120 g/mol. The summed E-state index contributed by atoms with van der Waals surface area (Å²) in [6, 6.07) is 42.7. The summed E-state index contributed by atoms with van der Waals surface area (Å²) in [5, 5.41) is 0. The number of aromatic nitrogens is 2. The smallest absolute Gasteiger partial charge is 0.0701 e. The first kappa shape index (κ1) is 68.0. The van der Waals surface area contributed by atoms with Crippen LogP contribution in [-0.2, 0) is 18.5 Å². The van der Waals surface area contributed by atoms with Gasteiger partial charge in [-0.1, -0.05) is 200 Å². The Morgan fingerprint density at radius 3 is 1.23 bits per heavy atom. The van der Waals surface area contributed by atoms with Crippen molar-refractivity contribution in [3.63, 3.8) is 0 Å². The Balaban J connectivity index is 0.000000281. The third-order valence-electron chi connectivity index (χ3n) is 13.9. The van der Waals surface area contributed by atoms with E-state index in [9.17, 15) is 4.79 Å². The topological polar surface area (TPSA) is 58.6 Å². The van der Waals surface area contributed by atoms with Crippen molar-refractivity contribution in [3.8, 4) is 28.3 Å². The summed E-state index contributed by atoms with van der Waals surface area (Å²) in [5.74, 6) is 2.26. The van der Waals surface area contributed by atoms with Crippen molar-refractivity contribution in [2.75, 3.05) is 49.1 Å². The number of carbonyl (C=O) groups excluding carboxylic acids is 1. The molecule has 0 aliphatic carbocycles. The number of unbranched alkanes of at least 4 members (excludes halogenated alkanes) is 4. The number of carbonyl (C=O) groups is 1. The van der Waals surface area contributed by atoms with Crippen LogP contribution < -0.4 is 14.5 Å². The second-order valence-electron chi connectivity index (χ2n) is 21.4. The van der Waals surface area contributed by atoms with E-state index < -0.39 is 13.7 Å². The molecule has 11 heteroatoms. The zero-order chi connectivity index (χ0) is 57.5. The molecule has 1 fully saturated rings. The largest absolute Gasteiger partial charge is 0.256 e. The number of pyridine rings is 2. The molecule has 0 amide bonds. The van der Waals surface area contributed by atoms with Crippen molar-refractivity contribution in [2.24, 2.45) is 0 Å². The molecule has 0 radical (unpaired) electrons. The fourth-order valence-corrected chi connectivity index (χ4v) is 9.76. The fourth-order valence-electron chi connectivity index (χ4n) is 9.76. The van der Waals surface area contributed by atoms with E-state index >= 15 is 0 Å². The van der Waals surface area contributed by atoms with Gasteiger partial charge in [-0.05, 0) is 108 Å². The Bertz CT molecular complexity index is 2350. The van der Waals surface area contributed by atoms with Crippen LogP contribution in [0.5, 0.6) is 5.75 Å². The maximum atomic E-state index is 11.0. The first-order valence-corrected chi connectivity index (χ1v) is 34.7. The van der Waals surface area contributed by atoms with Crippen LogP contribution in [0.3, 0.4) is 0 Å². The average molecular weight is 1220 g/mol. The molecule has 7 rings (SSSR count). The van der Waals surface area contributed by atoms with Crippen molar-refractivity contribution < 1.29 is 27.7 Å². The summed E-state index contributed by atoms with van der Waals surface area (Å²) in [6.07, 6.45) is 14.6. The van der Waals surface area contributed by atoms with Crippen LogP contribution in [0.1, 0.15) is 187 Å². The molecule has 2 aromatic heterocycles. The Morgan fingerprint density at radius 1 is 0.526 bits per heavy atom. The molecule has 0 N–H and O–H groups in total. The maximum absolute atomic E-state index is 11.0. The van der Waals surface area contributed by atoms with E-state index in [1.54, 1.807) is 12.3 Å². The minimum Gasteiger partial charge on any atom is -0.256 e. The average Bonchev–Trinajstić information content (AvgIpc) is 3.93. The minimum absolute atomic E-state index is 0.330. The van der Waals surface area contributed by atoms with Gasteiger partial charge >= 0.3 is 48.3 Å². The van der Waals surface area contributed by atoms with E-state index in [1.807, 2.05) is 79.0 Å². The van der Waals surface area contributed by atoms with Crippen LogP contribution in [-0.4, -0.2) is 59.7 Å². The number of hydrogen-bond donors (Lipinski definition) is 0. The molecule has 1 aliphatic rings. The van der Waals surface area contributed by atoms with Gasteiger partial charge in [0.1, 0.15) is 5.75 Å². The van der Waals surface area contributed by atoms with Crippen LogP contribution in [0.25, 0.3) is 22.5 Å². The second-order valence-corrected chi connectivity index (χ2v) is 28.4. The van der Waals surface area contributed by atoms with Crippen molar-refractivity contribution in [1.29, 1.82) is 0 Å². The Kier molecular flexibility index (Phi) is 32.8. The molecule has 7 nitrogen and oxygen atoms in total. The van der Waals surface area contributed by atoms with Crippen LogP contribution in [0, 0.1) is 6.67 Å². The number of esters is 1. The van der Waals surface area contributed by atoms with Gasteiger partial charge in [0.15, 0.2) is 0 Å². The molecular formula is C67H95Cl3N5O2Pd. The number of quaternary nitrogens is 1. The van der Waals surface area contributed by atoms with E-state index in [4.69, 9.17) is 33.3 Å². The normalized spacial score (nSPS) is 12.2. The Morgan fingerprint density at radius 2 is 0.885 bits per heavy atom. The number of halogens is 3. The van der Waals surface area contributed by atoms with Crippen molar-refractivity contribution >= 4 is 45.9 Å². The molecule has 0 atom stereocenters. The number of para-hydroxylation sites is 3. The molecule has 6 aromatic rings. The molecule has 431 valence electrons.